The van der Waals surface area contributed by atoms with Gasteiger partial charge in [0.2, 0.25) is 0 Å². The molecule has 2 N–H and O–H groups in total. The van der Waals surface area contributed by atoms with E-state index in [2.05, 4.69) is 15.4 Å². The summed E-state index contributed by atoms with van der Waals surface area (Å²) in [6.45, 7) is 3.12. The molecule has 0 aliphatic rings. The van der Waals surface area contributed by atoms with E-state index in [0.29, 0.717) is 5.69 Å². The molecule has 22 heavy (non-hydrogen) atoms. The number of nitrogens with zero attached hydrogens (tertiary/aromatic N) is 2. The number of H-pyrrole nitrogens is 1. The lowest BCUT2D eigenvalue weighted by Crippen LogP contribution is -2.23. The van der Waals surface area contributed by atoms with Gasteiger partial charge in [-0.1, -0.05) is 0 Å². The van der Waals surface area contributed by atoms with Crippen molar-refractivity contribution in [2.24, 2.45) is 0 Å². The topological polar surface area (TPSA) is 79.8 Å². The Morgan fingerprint density at radius 1 is 1.45 bits per heavy atom. The van der Waals surface area contributed by atoms with Crippen LogP contribution in [0.2, 0.25) is 0 Å². The summed E-state index contributed by atoms with van der Waals surface area (Å²) in [5.74, 6) is -0.928. The van der Waals surface area contributed by atoms with Crippen molar-refractivity contribution in [2.45, 2.75) is 26.6 Å². The number of carbonyl (C=O) groups is 1. The molecule has 0 spiro atoms. The number of pyridine rings is 1. The van der Waals surface area contributed by atoms with Crippen molar-refractivity contribution in [1.82, 2.24) is 14.8 Å². The van der Waals surface area contributed by atoms with E-state index in [1.165, 1.54) is 13.0 Å². The smallest absolute Gasteiger partial charge is 0.364 e. The fourth-order valence-corrected chi connectivity index (χ4v) is 1.96. The minimum atomic E-state index is -4.67. The standard InChI is InChI=1S/C13H13F3N4O2/c1-3-20-11(13(14,15)16)9(6-18-20)19-12(22)8-5-17-7(2)4-10(8)21/h4-6H,3H2,1-2H3,(H,17,21)(H,19,22). The van der Waals surface area contributed by atoms with E-state index < -0.39 is 28.9 Å². The lowest BCUT2D eigenvalue weighted by molar-refractivity contribution is -0.143. The monoisotopic (exact) mass is 314 g/mol. The van der Waals surface area contributed by atoms with Gasteiger partial charge in [-0.15, -0.1) is 0 Å². The Balaban J connectivity index is 2.37. The van der Waals surface area contributed by atoms with E-state index in [0.717, 1.165) is 17.1 Å². The van der Waals surface area contributed by atoms with Crippen LogP contribution in [0.1, 0.15) is 28.7 Å². The van der Waals surface area contributed by atoms with Gasteiger partial charge in [-0.3, -0.25) is 14.3 Å². The molecule has 1 amide bonds. The van der Waals surface area contributed by atoms with Gasteiger partial charge in [0.25, 0.3) is 5.91 Å². The van der Waals surface area contributed by atoms with Gasteiger partial charge < -0.3 is 10.3 Å². The van der Waals surface area contributed by atoms with Crippen LogP contribution in [0.5, 0.6) is 0 Å². The number of halogens is 3. The third-order valence-corrected chi connectivity index (χ3v) is 2.96. The number of rotatable bonds is 3. The van der Waals surface area contributed by atoms with E-state index in [1.54, 1.807) is 6.92 Å². The van der Waals surface area contributed by atoms with Crippen molar-refractivity contribution in [3.63, 3.8) is 0 Å². The summed E-state index contributed by atoms with van der Waals surface area (Å²) in [6.07, 6.45) is -2.61. The molecule has 0 aromatic carbocycles. The highest BCUT2D eigenvalue weighted by Crippen LogP contribution is 2.34. The second kappa shape index (κ2) is 5.66. The van der Waals surface area contributed by atoms with Crippen LogP contribution in [0.4, 0.5) is 18.9 Å². The number of hydrogen-bond acceptors (Lipinski definition) is 3. The molecule has 6 nitrogen and oxygen atoms in total. The van der Waals surface area contributed by atoms with Crippen LogP contribution in [-0.4, -0.2) is 20.7 Å². The summed E-state index contributed by atoms with van der Waals surface area (Å²) in [5, 5.41) is 5.67. The Hall–Kier alpha value is -2.58. The maximum Gasteiger partial charge on any atom is 0.435 e. The highest BCUT2D eigenvalue weighted by Gasteiger charge is 2.38. The maximum atomic E-state index is 13.0. The number of amides is 1. The normalized spacial score (nSPS) is 11.5. The van der Waals surface area contributed by atoms with Gasteiger partial charge in [0.05, 0.1) is 11.9 Å². The number of anilines is 1. The average molecular weight is 314 g/mol. The average Bonchev–Trinajstić information content (AvgIpc) is 2.81. The summed E-state index contributed by atoms with van der Waals surface area (Å²) in [6, 6.07) is 1.19. The molecule has 0 bridgehead atoms. The second-order valence-electron chi connectivity index (χ2n) is 4.57. The Morgan fingerprint density at radius 2 is 2.14 bits per heavy atom. The fourth-order valence-electron chi connectivity index (χ4n) is 1.96. The first-order valence-electron chi connectivity index (χ1n) is 6.37. The summed E-state index contributed by atoms with van der Waals surface area (Å²) in [7, 11) is 0. The maximum absolute atomic E-state index is 13.0. The number of aromatic amines is 1. The predicted octanol–water partition coefficient (Wildman–Crippen LogP) is 2.17. The summed E-state index contributed by atoms with van der Waals surface area (Å²) < 4.78 is 39.8. The Labute approximate surface area is 123 Å². The number of nitrogens with one attached hydrogen (secondary N) is 2. The Kier molecular flexibility index (Phi) is 4.07. The van der Waals surface area contributed by atoms with E-state index in [9.17, 15) is 22.8 Å². The second-order valence-corrected chi connectivity index (χ2v) is 4.57. The number of carbonyl (C=O) groups excluding carboxylic acids is 1. The minimum Gasteiger partial charge on any atom is -0.364 e. The molecule has 0 radical (unpaired) electrons. The molecule has 0 fully saturated rings. The molecule has 0 saturated carbocycles. The predicted molar refractivity (Wildman–Crippen MR) is 72.7 cm³/mol. The van der Waals surface area contributed by atoms with Crippen molar-refractivity contribution < 1.29 is 18.0 Å². The zero-order valence-electron chi connectivity index (χ0n) is 11.8. The molecule has 0 aliphatic heterocycles. The van der Waals surface area contributed by atoms with Gasteiger partial charge in [0.1, 0.15) is 5.56 Å². The number of hydrogen-bond donors (Lipinski definition) is 2. The lowest BCUT2D eigenvalue weighted by Gasteiger charge is -2.11. The molecule has 9 heteroatoms. The van der Waals surface area contributed by atoms with Crippen molar-refractivity contribution >= 4 is 11.6 Å². The minimum absolute atomic E-state index is 0.00414. The third kappa shape index (κ3) is 3.02. The highest BCUT2D eigenvalue weighted by atomic mass is 19.4. The van der Waals surface area contributed by atoms with Crippen LogP contribution in [0.25, 0.3) is 0 Å². The molecule has 2 aromatic heterocycles. The van der Waals surface area contributed by atoms with Crippen LogP contribution < -0.4 is 10.7 Å². The molecular weight excluding hydrogens is 301 g/mol. The zero-order chi connectivity index (χ0) is 16.5. The first kappa shape index (κ1) is 15.8. The molecule has 0 aliphatic carbocycles. The Morgan fingerprint density at radius 3 is 2.68 bits per heavy atom. The lowest BCUT2D eigenvalue weighted by atomic mass is 10.2. The van der Waals surface area contributed by atoms with Gasteiger partial charge >= 0.3 is 6.18 Å². The van der Waals surface area contributed by atoms with Gasteiger partial charge in [-0.05, 0) is 13.8 Å². The summed E-state index contributed by atoms with van der Waals surface area (Å²) in [5.41, 5.74) is -1.87. The summed E-state index contributed by atoms with van der Waals surface area (Å²) in [4.78, 5) is 26.3. The molecular formula is C13H13F3N4O2. The number of aromatic nitrogens is 3. The fraction of sp³-hybridized carbons (Fsp3) is 0.308. The SMILES string of the molecule is CCn1ncc(NC(=O)c2c[nH]c(C)cc2=O)c1C(F)(F)F. The van der Waals surface area contributed by atoms with Crippen LogP contribution >= 0.6 is 0 Å². The van der Waals surface area contributed by atoms with E-state index in [4.69, 9.17) is 0 Å². The van der Waals surface area contributed by atoms with Crippen LogP contribution in [-0.2, 0) is 12.7 Å². The van der Waals surface area contributed by atoms with Crippen LogP contribution in [0.3, 0.4) is 0 Å². The number of alkyl halides is 3. The Bertz CT molecular complexity index is 761. The van der Waals surface area contributed by atoms with Gasteiger partial charge in [-0.25, -0.2) is 0 Å². The largest absolute Gasteiger partial charge is 0.435 e. The highest BCUT2D eigenvalue weighted by molar-refractivity contribution is 6.04. The van der Waals surface area contributed by atoms with E-state index >= 15 is 0 Å². The summed E-state index contributed by atoms with van der Waals surface area (Å²) >= 11 is 0. The van der Waals surface area contributed by atoms with Crippen LogP contribution in [0, 0.1) is 6.92 Å². The third-order valence-electron chi connectivity index (χ3n) is 2.96. The van der Waals surface area contributed by atoms with E-state index in [1.807, 2.05) is 0 Å². The molecule has 2 rings (SSSR count). The van der Waals surface area contributed by atoms with Crippen molar-refractivity contribution in [3.8, 4) is 0 Å². The van der Waals surface area contributed by atoms with Crippen molar-refractivity contribution in [2.75, 3.05) is 5.32 Å². The molecule has 2 heterocycles. The molecule has 118 valence electrons. The quantitative estimate of drug-likeness (QED) is 0.911. The molecule has 2 aromatic rings. The zero-order valence-corrected chi connectivity index (χ0v) is 11.8. The molecule has 0 saturated heterocycles. The van der Waals surface area contributed by atoms with Crippen molar-refractivity contribution in [1.29, 1.82) is 0 Å². The van der Waals surface area contributed by atoms with Crippen LogP contribution in [0.15, 0.2) is 23.3 Å². The first-order chi connectivity index (χ1) is 10.2. The van der Waals surface area contributed by atoms with Gasteiger partial charge in [-0.2, -0.15) is 18.3 Å². The molecule has 0 unspecified atom stereocenters. The van der Waals surface area contributed by atoms with Gasteiger partial charge in [0, 0.05) is 24.5 Å². The van der Waals surface area contributed by atoms with Crippen molar-refractivity contribution in [3.05, 3.63) is 45.6 Å². The number of aryl methyl sites for hydroxylation is 2. The first-order valence-corrected chi connectivity index (χ1v) is 6.37. The molecule has 0 atom stereocenters. The van der Waals surface area contributed by atoms with Gasteiger partial charge in [0.15, 0.2) is 11.1 Å². The van der Waals surface area contributed by atoms with E-state index in [-0.39, 0.29) is 12.1 Å².